The lowest BCUT2D eigenvalue weighted by Gasteiger charge is -2.10. The molecule has 25 heavy (non-hydrogen) atoms. The Morgan fingerprint density at radius 2 is 1.88 bits per heavy atom. The van der Waals surface area contributed by atoms with E-state index in [0.29, 0.717) is 29.3 Å². The van der Waals surface area contributed by atoms with Gasteiger partial charge in [0, 0.05) is 11.3 Å². The van der Waals surface area contributed by atoms with Crippen LogP contribution in [0.3, 0.4) is 0 Å². The van der Waals surface area contributed by atoms with Crippen molar-refractivity contribution < 1.29 is 9.59 Å². The standard InChI is InChI=1S/C18H24N4O2S/c1-12-13(2)25-18(20-12)22-17(24)14-8-5-6-9-15(14)21-16(23)10-4-3-7-11-19/h5-6,8-9H,3-4,7,10-11,19H2,1-2H3,(H,21,23)(H,20,22,24). The second-order valence-corrected chi connectivity index (χ2v) is 7.01. The molecular weight excluding hydrogens is 336 g/mol. The van der Waals surface area contributed by atoms with Crippen LogP contribution in [0.2, 0.25) is 0 Å². The molecule has 0 saturated heterocycles. The van der Waals surface area contributed by atoms with Crippen LogP contribution < -0.4 is 16.4 Å². The molecule has 2 aromatic rings. The average molecular weight is 360 g/mol. The molecule has 0 aliphatic rings. The van der Waals surface area contributed by atoms with Crippen LogP contribution in [-0.2, 0) is 4.79 Å². The van der Waals surface area contributed by atoms with Crippen molar-refractivity contribution in [3.05, 3.63) is 40.4 Å². The Kier molecular flexibility index (Phi) is 7.09. The number of aromatic nitrogens is 1. The van der Waals surface area contributed by atoms with Gasteiger partial charge in [-0.05, 0) is 45.4 Å². The Morgan fingerprint density at radius 1 is 1.12 bits per heavy atom. The molecule has 0 saturated carbocycles. The zero-order valence-corrected chi connectivity index (χ0v) is 15.4. The number of hydrogen-bond acceptors (Lipinski definition) is 5. The second-order valence-electron chi connectivity index (χ2n) is 5.81. The first-order chi connectivity index (χ1) is 12.0. The third kappa shape index (κ3) is 5.65. The van der Waals surface area contributed by atoms with E-state index in [-0.39, 0.29) is 11.8 Å². The number of para-hydroxylation sites is 1. The Hall–Kier alpha value is -2.25. The number of carbonyl (C=O) groups is 2. The molecule has 0 aliphatic carbocycles. The lowest BCUT2D eigenvalue weighted by atomic mass is 10.1. The first-order valence-corrected chi connectivity index (χ1v) is 9.17. The summed E-state index contributed by atoms with van der Waals surface area (Å²) in [6.07, 6.45) is 3.05. The fourth-order valence-electron chi connectivity index (χ4n) is 2.30. The van der Waals surface area contributed by atoms with Gasteiger partial charge in [-0.1, -0.05) is 18.6 Å². The third-order valence-corrected chi connectivity index (χ3v) is 4.79. The summed E-state index contributed by atoms with van der Waals surface area (Å²) >= 11 is 1.43. The number of unbranched alkanes of at least 4 members (excludes halogenated alkanes) is 2. The molecule has 0 bridgehead atoms. The van der Waals surface area contributed by atoms with Crippen molar-refractivity contribution in [3.63, 3.8) is 0 Å². The van der Waals surface area contributed by atoms with Gasteiger partial charge in [0.25, 0.3) is 5.91 Å². The molecule has 7 heteroatoms. The monoisotopic (exact) mass is 360 g/mol. The van der Waals surface area contributed by atoms with E-state index in [1.807, 2.05) is 13.8 Å². The summed E-state index contributed by atoms with van der Waals surface area (Å²) in [5, 5.41) is 6.18. The molecule has 0 spiro atoms. The highest BCUT2D eigenvalue weighted by Crippen LogP contribution is 2.23. The first kappa shape index (κ1) is 19.1. The van der Waals surface area contributed by atoms with Gasteiger partial charge in [0.2, 0.25) is 5.91 Å². The van der Waals surface area contributed by atoms with E-state index in [2.05, 4.69) is 15.6 Å². The Labute approximate surface area is 151 Å². The highest BCUT2D eigenvalue weighted by Gasteiger charge is 2.15. The van der Waals surface area contributed by atoms with Crippen LogP contribution in [0.15, 0.2) is 24.3 Å². The summed E-state index contributed by atoms with van der Waals surface area (Å²) in [7, 11) is 0. The van der Waals surface area contributed by atoms with Crippen molar-refractivity contribution in [2.45, 2.75) is 39.5 Å². The molecule has 6 nitrogen and oxygen atoms in total. The summed E-state index contributed by atoms with van der Waals surface area (Å²) in [6.45, 7) is 4.50. The van der Waals surface area contributed by atoms with Crippen LogP contribution >= 0.6 is 11.3 Å². The normalized spacial score (nSPS) is 10.5. The number of thiazole rings is 1. The van der Waals surface area contributed by atoms with Gasteiger partial charge >= 0.3 is 0 Å². The minimum Gasteiger partial charge on any atom is -0.330 e. The molecule has 1 heterocycles. The Balaban J connectivity index is 2.01. The average Bonchev–Trinajstić information content (AvgIpc) is 2.89. The first-order valence-electron chi connectivity index (χ1n) is 8.35. The lowest BCUT2D eigenvalue weighted by Crippen LogP contribution is -2.18. The largest absolute Gasteiger partial charge is 0.330 e. The highest BCUT2D eigenvalue weighted by atomic mass is 32.1. The summed E-state index contributed by atoms with van der Waals surface area (Å²) < 4.78 is 0. The van der Waals surface area contributed by atoms with E-state index in [1.165, 1.54) is 11.3 Å². The Morgan fingerprint density at radius 3 is 2.56 bits per heavy atom. The maximum atomic E-state index is 12.5. The molecule has 1 aromatic carbocycles. The van der Waals surface area contributed by atoms with Crippen LogP contribution in [0.1, 0.15) is 46.6 Å². The Bertz CT molecular complexity index is 723. The maximum absolute atomic E-state index is 12.5. The van der Waals surface area contributed by atoms with Gasteiger partial charge in [0.1, 0.15) is 0 Å². The minimum atomic E-state index is -0.284. The van der Waals surface area contributed by atoms with Gasteiger partial charge in [-0.2, -0.15) is 0 Å². The topological polar surface area (TPSA) is 97.1 Å². The number of carbonyl (C=O) groups excluding carboxylic acids is 2. The van der Waals surface area contributed by atoms with Crippen molar-refractivity contribution in [3.8, 4) is 0 Å². The lowest BCUT2D eigenvalue weighted by molar-refractivity contribution is -0.116. The fourth-order valence-corrected chi connectivity index (χ4v) is 3.11. The number of nitrogens with zero attached hydrogens (tertiary/aromatic N) is 1. The summed E-state index contributed by atoms with van der Waals surface area (Å²) in [5.74, 6) is -0.383. The van der Waals surface area contributed by atoms with Crippen LogP contribution in [-0.4, -0.2) is 23.3 Å². The zero-order chi connectivity index (χ0) is 18.2. The molecule has 2 rings (SSSR count). The fraction of sp³-hybridized carbons (Fsp3) is 0.389. The predicted molar refractivity (Wildman–Crippen MR) is 102 cm³/mol. The number of aryl methyl sites for hydroxylation is 2. The van der Waals surface area contributed by atoms with E-state index >= 15 is 0 Å². The molecule has 0 fully saturated rings. The SMILES string of the molecule is Cc1nc(NC(=O)c2ccccc2NC(=O)CCCCCN)sc1C. The van der Waals surface area contributed by atoms with Crippen LogP contribution in [0.25, 0.3) is 0 Å². The number of rotatable bonds is 8. The van der Waals surface area contributed by atoms with Crippen LogP contribution in [0.4, 0.5) is 10.8 Å². The minimum absolute atomic E-state index is 0.0989. The molecule has 0 unspecified atom stereocenters. The molecule has 1 aromatic heterocycles. The summed E-state index contributed by atoms with van der Waals surface area (Å²) in [5.41, 5.74) is 7.28. The number of amides is 2. The van der Waals surface area contributed by atoms with Gasteiger partial charge in [0.15, 0.2) is 5.13 Å². The van der Waals surface area contributed by atoms with E-state index in [0.717, 1.165) is 29.8 Å². The van der Waals surface area contributed by atoms with Crippen molar-refractivity contribution in [1.29, 1.82) is 0 Å². The van der Waals surface area contributed by atoms with Crippen molar-refractivity contribution in [2.24, 2.45) is 5.73 Å². The summed E-state index contributed by atoms with van der Waals surface area (Å²) in [4.78, 5) is 30.0. The van der Waals surface area contributed by atoms with E-state index in [9.17, 15) is 9.59 Å². The molecule has 4 N–H and O–H groups in total. The van der Waals surface area contributed by atoms with Crippen LogP contribution in [0.5, 0.6) is 0 Å². The van der Waals surface area contributed by atoms with Gasteiger partial charge < -0.3 is 11.1 Å². The molecule has 2 amide bonds. The third-order valence-electron chi connectivity index (χ3n) is 3.80. The second kappa shape index (κ2) is 9.29. The van der Waals surface area contributed by atoms with Gasteiger partial charge in [-0.25, -0.2) is 4.98 Å². The molecule has 0 radical (unpaired) electrons. The maximum Gasteiger partial charge on any atom is 0.259 e. The van der Waals surface area contributed by atoms with Gasteiger partial charge in [-0.3, -0.25) is 14.9 Å². The predicted octanol–water partition coefficient (Wildman–Crippen LogP) is 3.47. The van der Waals surface area contributed by atoms with Gasteiger partial charge in [0.05, 0.1) is 16.9 Å². The van der Waals surface area contributed by atoms with E-state index < -0.39 is 0 Å². The van der Waals surface area contributed by atoms with Crippen LogP contribution in [0, 0.1) is 13.8 Å². The molecule has 134 valence electrons. The quantitative estimate of drug-likeness (QED) is 0.628. The number of anilines is 2. The summed E-state index contributed by atoms with van der Waals surface area (Å²) in [6, 6.07) is 6.97. The number of nitrogens with two attached hydrogens (primary N) is 1. The number of nitrogens with one attached hydrogen (secondary N) is 2. The molecule has 0 atom stereocenters. The number of benzene rings is 1. The van der Waals surface area contributed by atoms with Gasteiger partial charge in [-0.15, -0.1) is 11.3 Å². The van der Waals surface area contributed by atoms with Crippen molar-refractivity contribution >= 4 is 34.0 Å². The molecule has 0 aliphatic heterocycles. The van der Waals surface area contributed by atoms with Crippen molar-refractivity contribution in [2.75, 3.05) is 17.2 Å². The number of hydrogen-bond donors (Lipinski definition) is 3. The molecular formula is C18H24N4O2S. The van der Waals surface area contributed by atoms with Crippen molar-refractivity contribution in [1.82, 2.24) is 4.98 Å². The smallest absolute Gasteiger partial charge is 0.259 e. The zero-order valence-electron chi connectivity index (χ0n) is 14.6. The van der Waals surface area contributed by atoms with E-state index in [1.54, 1.807) is 24.3 Å². The van der Waals surface area contributed by atoms with E-state index in [4.69, 9.17) is 5.73 Å². The highest BCUT2D eigenvalue weighted by molar-refractivity contribution is 7.15.